The Morgan fingerprint density at radius 1 is 1.32 bits per heavy atom. The summed E-state index contributed by atoms with van der Waals surface area (Å²) in [5.41, 5.74) is 6.66. The number of hydrogen-bond acceptors (Lipinski definition) is 4. The third-order valence-corrected chi connectivity index (χ3v) is 3.91. The molecule has 0 bridgehead atoms. The summed E-state index contributed by atoms with van der Waals surface area (Å²) >= 11 is 9.30. The third-order valence-electron chi connectivity index (χ3n) is 3.21. The van der Waals surface area contributed by atoms with E-state index in [4.69, 9.17) is 22.1 Å². The molecule has 1 aromatic heterocycles. The molecule has 4 nitrogen and oxygen atoms in total. The number of ether oxygens (including phenoxy) is 1. The number of benzene rings is 1. The Morgan fingerprint density at radius 3 is 2.79 bits per heavy atom. The first-order valence-electron chi connectivity index (χ1n) is 5.58. The average Bonchev–Trinajstić information content (AvgIpc) is 2.41. The van der Waals surface area contributed by atoms with Crippen molar-refractivity contribution in [3.8, 4) is 11.5 Å². The lowest BCUT2D eigenvalue weighted by atomic mass is 9.82. The van der Waals surface area contributed by atoms with Crippen LogP contribution in [0.15, 0.2) is 34.9 Å². The van der Waals surface area contributed by atoms with Crippen LogP contribution >= 0.6 is 27.5 Å². The minimum Gasteiger partial charge on any atom is -0.455 e. The molecule has 19 heavy (non-hydrogen) atoms. The largest absolute Gasteiger partial charge is 0.455 e. The predicted molar refractivity (Wildman–Crippen MR) is 75.5 cm³/mol. The van der Waals surface area contributed by atoms with Gasteiger partial charge in [-0.2, -0.15) is 0 Å². The van der Waals surface area contributed by atoms with Gasteiger partial charge in [-0.25, -0.2) is 4.98 Å². The van der Waals surface area contributed by atoms with Gasteiger partial charge in [-0.3, -0.25) is 0 Å². The van der Waals surface area contributed by atoms with Crippen LogP contribution in [0.1, 0.15) is 11.1 Å². The van der Waals surface area contributed by atoms with Crippen LogP contribution in [0.4, 0.5) is 0 Å². The highest BCUT2D eigenvalue weighted by Gasteiger charge is 2.39. The molecule has 0 saturated heterocycles. The molecule has 0 saturated carbocycles. The lowest BCUT2D eigenvalue weighted by Gasteiger charge is -2.35. The smallest absolute Gasteiger partial charge is 0.151 e. The summed E-state index contributed by atoms with van der Waals surface area (Å²) in [4.78, 5) is 3.98. The quantitative estimate of drug-likeness (QED) is 0.783. The van der Waals surface area contributed by atoms with E-state index < -0.39 is 5.54 Å². The van der Waals surface area contributed by atoms with Crippen LogP contribution in [0.25, 0.3) is 0 Å². The Balaban J connectivity index is 2.29. The van der Waals surface area contributed by atoms with Crippen LogP contribution in [-0.4, -0.2) is 16.7 Å². The van der Waals surface area contributed by atoms with Gasteiger partial charge in [-0.1, -0.05) is 27.5 Å². The van der Waals surface area contributed by atoms with Gasteiger partial charge in [0.25, 0.3) is 0 Å². The number of nitrogens with zero attached hydrogens (tertiary/aromatic N) is 1. The summed E-state index contributed by atoms with van der Waals surface area (Å²) in [6, 6.07) is 7.11. The normalized spacial score (nSPS) is 20.4. The second-order valence-electron chi connectivity index (χ2n) is 4.38. The first-order chi connectivity index (χ1) is 9.04. The minimum atomic E-state index is -1.06. The van der Waals surface area contributed by atoms with Gasteiger partial charge >= 0.3 is 0 Å². The fourth-order valence-electron chi connectivity index (χ4n) is 2.22. The molecule has 1 aliphatic rings. The number of halogens is 2. The predicted octanol–water partition coefficient (Wildman–Crippen LogP) is 2.80. The van der Waals surface area contributed by atoms with Crippen molar-refractivity contribution < 1.29 is 9.84 Å². The Morgan fingerprint density at radius 2 is 2.05 bits per heavy atom. The molecule has 0 amide bonds. The van der Waals surface area contributed by atoms with E-state index in [1.54, 1.807) is 12.1 Å². The molecule has 0 fully saturated rings. The molecule has 2 heterocycles. The first kappa shape index (κ1) is 12.9. The number of nitrogens with two attached hydrogens (primary N) is 1. The topological polar surface area (TPSA) is 68.4 Å². The number of fused-ring (bicyclic) bond motifs is 2. The van der Waals surface area contributed by atoms with Gasteiger partial charge < -0.3 is 15.6 Å². The number of aliphatic hydroxyl groups is 1. The molecule has 3 N–H and O–H groups in total. The molecule has 3 rings (SSSR count). The van der Waals surface area contributed by atoms with Crippen molar-refractivity contribution in [1.29, 1.82) is 0 Å². The maximum absolute atomic E-state index is 9.77. The molecule has 0 unspecified atom stereocenters. The van der Waals surface area contributed by atoms with Crippen molar-refractivity contribution in [3.63, 3.8) is 0 Å². The molecular weight excluding hydrogens is 332 g/mol. The lowest BCUT2D eigenvalue weighted by Crippen LogP contribution is -2.44. The monoisotopic (exact) mass is 340 g/mol. The molecule has 6 heteroatoms. The van der Waals surface area contributed by atoms with E-state index in [9.17, 15) is 5.11 Å². The highest BCUT2D eigenvalue weighted by Crippen LogP contribution is 2.46. The van der Waals surface area contributed by atoms with E-state index in [1.807, 2.05) is 12.1 Å². The van der Waals surface area contributed by atoms with Gasteiger partial charge in [0.05, 0.1) is 18.3 Å². The number of aliphatic hydroxyl groups excluding tert-OH is 1. The Kier molecular flexibility index (Phi) is 3.02. The van der Waals surface area contributed by atoms with Gasteiger partial charge in [0, 0.05) is 15.6 Å². The molecule has 1 atom stereocenters. The van der Waals surface area contributed by atoms with Crippen molar-refractivity contribution in [2.75, 3.05) is 6.61 Å². The number of hydrogen-bond donors (Lipinski definition) is 2. The first-order valence-corrected chi connectivity index (χ1v) is 6.75. The molecule has 1 aliphatic heterocycles. The maximum atomic E-state index is 9.77. The molecule has 1 aromatic carbocycles. The summed E-state index contributed by atoms with van der Waals surface area (Å²) < 4.78 is 6.61. The molecular formula is C13H10BrClN2O2. The number of rotatable bonds is 1. The maximum Gasteiger partial charge on any atom is 0.151 e. The molecule has 98 valence electrons. The van der Waals surface area contributed by atoms with E-state index in [0.29, 0.717) is 27.8 Å². The highest BCUT2D eigenvalue weighted by atomic mass is 79.9. The van der Waals surface area contributed by atoms with E-state index >= 15 is 0 Å². The number of aromatic nitrogens is 1. The Bertz CT molecular complexity index is 612. The standard InChI is InChI=1S/C13H10BrClN2O2/c14-7-1-2-10-8(3-7)13(16,6-18)9-4-12(15)17-5-11(9)19-10/h1-5,18H,6,16H2/t13-/m0/s1. The third kappa shape index (κ3) is 1.94. The van der Waals surface area contributed by atoms with Crippen molar-refractivity contribution in [1.82, 2.24) is 4.98 Å². The average molecular weight is 342 g/mol. The fourth-order valence-corrected chi connectivity index (χ4v) is 2.74. The summed E-state index contributed by atoms with van der Waals surface area (Å²) in [6.45, 7) is -0.257. The van der Waals surface area contributed by atoms with Crippen LogP contribution in [0.3, 0.4) is 0 Å². The highest BCUT2D eigenvalue weighted by molar-refractivity contribution is 9.10. The van der Waals surface area contributed by atoms with E-state index in [1.165, 1.54) is 6.20 Å². The van der Waals surface area contributed by atoms with Crippen LogP contribution < -0.4 is 10.5 Å². The summed E-state index contributed by atoms with van der Waals surface area (Å²) in [7, 11) is 0. The zero-order valence-electron chi connectivity index (χ0n) is 9.73. The molecule has 2 aromatic rings. The van der Waals surface area contributed by atoms with Gasteiger partial charge in [0.2, 0.25) is 0 Å². The van der Waals surface area contributed by atoms with Crippen LogP contribution in [-0.2, 0) is 5.54 Å². The zero-order valence-corrected chi connectivity index (χ0v) is 12.1. The van der Waals surface area contributed by atoms with Crippen molar-refractivity contribution >= 4 is 27.5 Å². The van der Waals surface area contributed by atoms with E-state index in [0.717, 1.165) is 4.47 Å². The van der Waals surface area contributed by atoms with Crippen LogP contribution in [0, 0.1) is 0 Å². The minimum absolute atomic E-state index is 0.257. The second-order valence-corrected chi connectivity index (χ2v) is 5.68. The lowest BCUT2D eigenvalue weighted by molar-refractivity contribution is 0.211. The Labute approximate surface area is 123 Å². The summed E-state index contributed by atoms with van der Waals surface area (Å²) in [5, 5.41) is 10.1. The van der Waals surface area contributed by atoms with Gasteiger partial charge in [-0.15, -0.1) is 0 Å². The van der Waals surface area contributed by atoms with E-state index in [-0.39, 0.29) is 6.61 Å². The van der Waals surface area contributed by atoms with Gasteiger partial charge in [0.1, 0.15) is 10.9 Å². The summed E-state index contributed by atoms with van der Waals surface area (Å²) in [6.07, 6.45) is 1.51. The zero-order chi connectivity index (χ0) is 13.6. The van der Waals surface area contributed by atoms with Gasteiger partial charge in [-0.05, 0) is 24.3 Å². The van der Waals surface area contributed by atoms with Crippen LogP contribution in [0.5, 0.6) is 11.5 Å². The van der Waals surface area contributed by atoms with Crippen molar-refractivity contribution in [2.45, 2.75) is 5.54 Å². The van der Waals surface area contributed by atoms with Gasteiger partial charge in [0.15, 0.2) is 5.75 Å². The second kappa shape index (κ2) is 4.45. The molecule has 0 aliphatic carbocycles. The number of pyridine rings is 1. The van der Waals surface area contributed by atoms with Crippen molar-refractivity contribution in [3.05, 3.63) is 51.2 Å². The molecule has 0 radical (unpaired) electrons. The Hall–Kier alpha value is -1.14. The fraction of sp³-hybridized carbons (Fsp3) is 0.154. The molecule has 0 spiro atoms. The van der Waals surface area contributed by atoms with Crippen LogP contribution in [0.2, 0.25) is 5.15 Å². The van der Waals surface area contributed by atoms with E-state index in [2.05, 4.69) is 20.9 Å². The SMILES string of the molecule is N[C@@]1(CO)c2cc(Br)ccc2Oc2cnc(Cl)cc21. The summed E-state index contributed by atoms with van der Waals surface area (Å²) in [5.74, 6) is 1.12. The van der Waals surface area contributed by atoms with Crippen molar-refractivity contribution in [2.24, 2.45) is 5.73 Å².